The molecule has 0 aliphatic rings. The zero-order chi connectivity index (χ0) is 36.9. The van der Waals surface area contributed by atoms with E-state index in [4.69, 9.17) is 15.8 Å². The molecule has 4 nitrogen and oxygen atoms in total. The van der Waals surface area contributed by atoms with Crippen LogP contribution in [0.1, 0.15) is 74.7 Å². The number of furan rings is 1. The third-order valence-corrected chi connectivity index (χ3v) is 10.7. The van der Waals surface area contributed by atoms with Gasteiger partial charge in [-0.1, -0.05) is 95.0 Å². The van der Waals surface area contributed by atoms with Gasteiger partial charge in [0.1, 0.15) is 11.1 Å². The molecule has 0 bridgehead atoms. The van der Waals surface area contributed by atoms with Gasteiger partial charge in [-0.25, -0.2) is 4.98 Å². The molecule has 0 saturated heterocycles. The molecule has 0 amide bonds. The third-order valence-electron chi connectivity index (χ3n) is 9.20. The average molecular weight is 879 g/mol. The van der Waals surface area contributed by atoms with Crippen LogP contribution in [-0.2, 0) is 25.5 Å². The molecular formula is C46H43IrN3OS-2. The van der Waals surface area contributed by atoms with Crippen molar-refractivity contribution >= 4 is 43.5 Å². The van der Waals surface area contributed by atoms with Crippen LogP contribution < -0.4 is 0 Å². The monoisotopic (exact) mass is 879 g/mol. The maximum Gasteiger partial charge on any atom is 0.148 e. The Morgan fingerprint density at radius 3 is 2.15 bits per heavy atom. The standard InChI is InChI=1S/C33H31N2OS.C13H12N.Ir/c1-18(2)24-16-26(34-17-25(24)28-19(3)10-8-11-20(28)4)23-13-9-12-21-22-14-15-27-29(31(22)36-30(21)23)35-32(37-27)33(5,6)7;1-10-3-6-12(7-4-10)13-8-5-11(2)9-14-13;/h8-12,14-18H,1-7H3;3-6,8-9H,1-2H3;/q2*-1;/i18D;;. The summed E-state index contributed by atoms with van der Waals surface area (Å²) < 4.78 is 16.7. The fraction of sp³-hybridized carbons (Fsp3) is 0.239. The van der Waals surface area contributed by atoms with Crippen LogP contribution in [0.3, 0.4) is 0 Å². The van der Waals surface area contributed by atoms with E-state index >= 15 is 0 Å². The number of rotatable bonds is 4. The van der Waals surface area contributed by atoms with Crippen LogP contribution in [0.4, 0.5) is 0 Å². The van der Waals surface area contributed by atoms with Gasteiger partial charge in [-0.15, -0.1) is 64.9 Å². The van der Waals surface area contributed by atoms with E-state index < -0.39 is 5.89 Å². The molecule has 52 heavy (non-hydrogen) atoms. The van der Waals surface area contributed by atoms with Crippen LogP contribution in [0.5, 0.6) is 0 Å². The molecule has 8 rings (SSSR count). The summed E-state index contributed by atoms with van der Waals surface area (Å²) in [5.41, 5.74) is 13.9. The Morgan fingerprint density at radius 1 is 0.788 bits per heavy atom. The molecule has 0 fully saturated rings. The Hall–Kier alpha value is -4.48. The van der Waals surface area contributed by atoms with Crippen molar-refractivity contribution in [3.8, 4) is 33.6 Å². The molecule has 8 aromatic rings. The maximum atomic E-state index is 8.99. The Balaban J connectivity index is 0.000000269. The number of hydrogen-bond acceptors (Lipinski definition) is 5. The van der Waals surface area contributed by atoms with Crippen molar-refractivity contribution in [1.29, 1.82) is 0 Å². The minimum Gasteiger partial charge on any atom is -0.498 e. The average Bonchev–Trinajstić information content (AvgIpc) is 3.72. The van der Waals surface area contributed by atoms with Crippen LogP contribution in [0.15, 0.2) is 95.7 Å². The van der Waals surface area contributed by atoms with Gasteiger partial charge in [0, 0.05) is 50.2 Å². The van der Waals surface area contributed by atoms with E-state index in [2.05, 4.69) is 101 Å². The van der Waals surface area contributed by atoms with Crippen molar-refractivity contribution in [2.45, 2.75) is 73.6 Å². The van der Waals surface area contributed by atoms with Crippen molar-refractivity contribution in [2.24, 2.45) is 0 Å². The summed E-state index contributed by atoms with van der Waals surface area (Å²) in [4.78, 5) is 14.3. The molecule has 4 heterocycles. The van der Waals surface area contributed by atoms with E-state index in [-0.39, 0.29) is 25.5 Å². The predicted molar refractivity (Wildman–Crippen MR) is 215 cm³/mol. The van der Waals surface area contributed by atoms with E-state index in [1.54, 1.807) is 11.3 Å². The fourth-order valence-electron chi connectivity index (χ4n) is 6.43. The van der Waals surface area contributed by atoms with E-state index in [1.165, 1.54) is 22.3 Å². The molecule has 4 aromatic carbocycles. The van der Waals surface area contributed by atoms with Crippen molar-refractivity contribution in [3.63, 3.8) is 0 Å². The molecule has 0 N–H and O–H groups in total. The molecule has 265 valence electrons. The normalized spacial score (nSPS) is 12.1. The minimum atomic E-state index is -0.820. The van der Waals surface area contributed by atoms with Crippen molar-refractivity contribution in [2.75, 3.05) is 0 Å². The first-order valence-electron chi connectivity index (χ1n) is 17.8. The summed E-state index contributed by atoms with van der Waals surface area (Å²) in [5, 5.41) is 3.16. The van der Waals surface area contributed by atoms with Gasteiger partial charge < -0.3 is 14.4 Å². The predicted octanol–water partition coefficient (Wildman–Crippen LogP) is 12.9. The minimum absolute atomic E-state index is 0. The van der Waals surface area contributed by atoms with Crippen molar-refractivity contribution < 1.29 is 25.9 Å². The fourth-order valence-corrected chi connectivity index (χ4v) is 7.46. The van der Waals surface area contributed by atoms with Gasteiger partial charge in [0.05, 0.1) is 15.3 Å². The third kappa shape index (κ3) is 7.25. The molecule has 1 radical (unpaired) electrons. The molecule has 0 spiro atoms. The molecule has 0 aliphatic heterocycles. The molecule has 0 unspecified atom stereocenters. The first kappa shape index (κ1) is 35.9. The van der Waals surface area contributed by atoms with Crippen LogP contribution >= 0.6 is 11.3 Å². The molecule has 0 atom stereocenters. The summed E-state index contributed by atoms with van der Waals surface area (Å²) in [5.74, 6) is -0.820. The summed E-state index contributed by atoms with van der Waals surface area (Å²) in [6.07, 6.45) is 3.79. The van der Waals surface area contributed by atoms with E-state index in [0.717, 1.165) is 76.4 Å². The van der Waals surface area contributed by atoms with Crippen LogP contribution in [-0.4, -0.2) is 15.0 Å². The number of nitrogens with zero attached hydrogens (tertiary/aromatic N) is 3. The Labute approximate surface area is 326 Å². The van der Waals surface area contributed by atoms with Crippen LogP contribution in [0.25, 0.3) is 65.8 Å². The molecular weight excluding hydrogens is 835 g/mol. The van der Waals surface area contributed by atoms with Gasteiger partial charge in [-0.3, -0.25) is 0 Å². The second-order valence-corrected chi connectivity index (χ2v) is 15.7. The van der Waals surface area contributed by atoms with Crippen LogP contribution in [0.2, 0.25) is 0 Å². The quantitative estimate of drug-likeness (QED) is 0.165. The number of fused-ring (bicyclic) bond motifs is 5. The van der Waals surface area contributed by atoms with E-state index in [1.807, 2.05) is 69.6 Å². The second-order valence-electron chi connectivity index (χ2n) is 14.6. The number of pyridine rings is 2. The van der Waals surface area contributed by atoms with Crippen molar-refractivity contribution in [3.05, 3.63) is 136 Å². The zero-order valence-electron chi connectivity index (χ0n) is 32.2. The summed E-state index contributed by atoms with van der Waals surface area (Å²) in [6, 6.07) is 33.4. The number of aryl methyl sites for hydroxylation is 4. The van der Waals surface area contributed by atoms with Crippen LogP contribution in [0, 0.1) is 39.8 Å². The second kappa shape index (κ2) is 14.9. The van der Waals surface area contributed by atoms with E-state index in [0.29, 0.717) is 0 Å². The first-order chi connectivity index (χ1) is 24.7. The van der Waals surface area contributed by atoms with Gasteiger partial charge in [0.25, 0.3) is 0 Å². The molecule has 0 saturated carbocycles. The largest absolute Gasteiger partial charge is 0.498 e. The van der Waals surface area contributed by atoms with Gasteiger partial charge in [0.15, 0.2) is 0 Å². The summed E-state index contributed by atoms with van der Waals surface area (Å²) in [6.45, 7) is 18.8. The number of aromatic nitrogens is 3. The number of benzene rings is 4. The first-order valence-corrected chi connectivity index (χ1v) is 18.2. The maximum absolute atomic E-state index is 8.99. The number of hydrogen-bond donors (Lipinski definition) is 0. The smallest absolute Gasteiger partial charge is 0.148 e. The van der Waals surface area contributed by atoms with Gasteiger partial charge >= 0.3 is 0 Å². The zero-order valence-corrected chi connectivity index (χ0v) is 34.4. The molecule has 6 heteroatoms. The SMILES string of the molecule is Cc1c[c-]c(-c2ccc(C)cn2)cc1.[2H]C(C)(C)c1cc(-c2[c-]ccc3c2oc2c3ccc3sc(C(C)(C)C)nc32)ncc1-c1c(C)cccc1C.[Ir]. The Kier molecular flexibility index (Phi) is 10.3. The topological polar surface area (TPSA) is 51.8 Å². The van der Waals surface area contributed by atoms with E-state index in [9.17, 15) is 0 Å². The van der Waals surface area contributed by atoms with Gasteiger partial charge in [0.2, 0.25) is 0 Å². The number of thiazole rings is 1. The Morgan fingerprint density at radius 2 is 1.50 bits per heavy atom. The van der Waals surface area contributed by atoms with Crippen molar-refractivity contribution in [1.82, 2.24) is 15.0 Å². The molecule has 0 aliphatic carbocycles. The summed E-state index contributed by atoms with van der Waals surface area (Å²) >= 11 is 1.72. The summed E-state index contributed by atoms with van der Waals surface area (Å²) in [7, 11) is 0. The Bertz CT molecular complexity index is 2510. The van der Waals surface area contributed by atoms with Gasteiger partial charge in [-0.2, -0.15) is 0 Å². The van der Waals surface area contributed by atoms with Gasteiger partial charge in [-0.05, 0) is 71.9 Å². The molecule has 4 aromatic heterocycles.